The second kappa shape index (κ2) is 5.17. The molecule has 1 aromatic carbocycles. The fourth-order valence-corrected chi connectivity index (χ4v) is 2.27. The van der Waals surface area contributed by atoms with Crippen molar-refractivity contribution < 1.29 is 31.1 Å². The largest absolute Gasteiger partial charge is 0.419 e. The number of rotatable bonds is 3. The number of nitrogens with zero attached hydrogens (tertiary/aromatic N) is 1. The number of halogens is 6. The summed E-state index contributed by atoms with van der Waals surface area (Å²) in [4.78, 5) is 1.47. The molecule has 0 aliphatic carbocycles. The Kier molecular flexibility index (Phi) is 3.96. The number of hydrogen-bond donors (Lipinski definition) is 0. The van der Waals surface area contributed by atoms with Crippen molar-refractivity contribution >= 4 is 0 Å². The van der Waals surface area contributed by atoms with E-state index in [1.54, 1.807) is 0 Å². The first kappa shape index (κ1) is 16.1. The maximum absolute atomic E-state index is 12.8. The summed E-state index contributed by atoms with van der Waals surface area (Å²) >= 11 is 0. The van der Waals surface area contributed by atoms with Crippen LogP contribution in [0.2, 0.25) is 0 Å². The van der Waals surface area contributed by atoms with E-state index in [9.17, 15) is 26.3 Å². The molecule has 1 aliphatic heterocycles. The van der Waals surface area contributed by atoms with Crippen molar-refractivity contribution in [3.05, 3.63) is 35.4 Å². The van der Waals surface area contributed by atoms with Crippen LogP contribution in [0.4, 0.5) is 26.3 Å². The fourth-order valence-electron chi connectivity index (χ4n) is 2.27. The Labute approximate surface area is 117 Å². The van der Waals surface area contributed by atoms with Crippen LogP contribution in [0.3, 0.4) is 0 Å². The number of hydrogen-bond acceptors (Lipinski definition) is 2. The van der Waals surface area contributed by atoms with Crippen molar-refractivity contribution in [3.8, 4) is 0 Å². The maximum atomic E-state index is 12.8. The van der Waals surface area contributed by atoms with Crippen molar-refractivity contribution in [1.82, 2.24) is 4.90 Å². The highest BCUT2D eigenvalue weighted by molar-refractivity contribution is 5.25. The molecule has 1 fully saturated rings. The molecule has 0 aromatic heterocycles. The van der Waals surface area contributed by atoms with Gasteiger partial charge in [-0.05, 0) is 17.7 Å². The van der Waals surface area contributed by atoms with Crippen LogP contribution in [0.5, 0.6) is 0 Å². The van der Waals surface area contributed by atoms with E-state index < -0.39 is 23.5 Å². The summed E-state index contributed by atoms with van der Waals surface area (Å²) in [6, 6.07) is 4.37. The average molecular weight is 313 g/mol. The quantitative estimate of drug-likeness (QED) is 0.792. The zero-order valence-electron chi connectivity index (χ0n) is 11.1. The molecule has 0 bridgehead atoms. The van der Waals surface area contributed by atoms with Gasteiger partial charge in [-0.3, -0.25) is 4.90 Å². The standard InChI is InChI=1S/C13H13F6NO/c1-21-11(13(17,18)19)7-20(8-11)6-9-2-4-10(5-3-9)12(14,15)16/h2-5H,6-8H2,1H3. The summed E-state index contributed by atoms with van der Waals surface area (Å²) in [5.41, 5.74) is -2.43. The SMILES string of the molecule is COC1(C(F)(F)F)CN(Cc2ccc(C(F)(F)F)cc2)C1. The summed E-state index contributed by atoms with van der Waals surface area (Å²) < 4.78 is 80.0. The van der Waals surface area contributed by atoms with Crippen LogP contribution in [0.1, 0.15) is 11.1 Å². The van der Waals surface area contributed by atoms with E-state index in [2.05, 4.69) is 4.74 Å². The van der Waals surface area contributed by atoms with Gasteiger partial charge in [0.05, 0.1) is 5.56 Å². The van der Waals surface area contributed by atoms with Gasteiger partial charge in [0.25, 0.3) is 0 Å². The Morgan fingerprint density at radius 1 is 1.05 bits per heavy atom. The molecule has 0 radical (unpaired) electrons. The highest BCUT2D eigenvalue weighted by atomic mass is 19.4. The predicted molar refractivity (Wildman–Crippen MR) is 62.5 cm³/mol. The van der Waals surface area contributed by atoms with E-state index in [0.717, 1.165) is 19.2 Å². The van der Waals surface area contributed by atoms with Crippen LogP contribution >= 0.6 is 0 Å². The van der Waals surface area contributed by atoms with Crippen molar-refractivity contribution in [2.45, 2.75) is 24.5 Å². The van der Waals surface area contributed by atoms with Crippen LogP contribution in [0, 0.1) is 0 Å². The van der Waals surface area contributed by atoms with Gasteiger partial charge in [-0.25, -0.2) is 0 Å². The Bertz CT molecular complexity index is 487. The molecule has 1 aromatic rings. The third kappa shape index (κ3) is 3.16. The Morgan fingerprint density at radius 2 is 1.57 bits per heavy atom. The second-order valence-electron chi connectivity index (χ2n) is 5.04. The number of methoxy groups -OCH3 is 1. The van der Waals surface area contributed by atoms with E-state index in [1.165, 1.54) is 17.0 Å². The third-order valence-corrected chi connectivity index (χ3v) is 3.55. The predicted octanol–water partition coefficient (Wildman–Crippen LogP) is 3.47. The van der Waals surface area contributed by atoms with Crippen molar-refractivity contribution in [1.29, 1.82) is 0 Å². The van der Waals surface area contributed by atoms with Crippen molar-refractivity contribution in [2.24, 2.45) is 0 Å². The minimum absolute atomic E-state index is 0.152. The Morgan fingerprint density at radius 3 is 1.95 bits per heavy atom. The second-order valence-corrected chi connectivity index (χ2v) is 5.04. The molecule has 0 N–H and O–H groups in total. The molecule has 2 rings (SSSR count). The van der Waals surface area contributed by atoms with Gasteiger partial charge in [0.2, 0.25) is 0 Å². The smallest absolute Gasteiger partial charge is 0.366 e. The summed E-state index contributed by atoms with van der Waals surface area (Å²) in [6.07, 6.45) is -8.88. The molecular formula is C13H13F6NO. The summed E-state index contributed by atoms with van der Waals surface area (Å²) in [7, 11) is 1.00. The fraction of sp³-hybridized carbons (Fsp3) is 0.538. The third-order valence-electron chi connectivity index (χ3n) is 3.55. The number of ether oxygens (including phenoxy) is 1. The summed E-state index contributed by atoms with van der Waals surface area (Å²) in [5, 5.41) is 0. The molecule has 8 heteroatoms. The van der Waals surface area contributed by atoms with Crippen molar-refractivity contribution in [2.75, 3.05) is 20.2 Å². The lowest BCUT2D eigenvalue weighted by Crippen LogP contribution is -2.69. The van der Waals surface area contributed by atoms with Gasteiger partial charge >= 0.3 is 12.4 Å². The maximum Gasteiger partial charge on any atom is 0.419 e. The highest BCUT2D eigenvalue weighted by Crippen LogP contribution is 2.41. The summed E-state index contributed by atoms with van der Waals surface area (Å²) in [5.74, 6) is 0. The number of alkyl halides is 6. The van der Waals surface area contributed by atoms with Gasteiger partial charge in [-0.15, -0.1) is 0 Å². The first-order chi connectivity index (χ1) is 9.57. The first-order valence-electron chi connectivity index (χ1n) is 6.08. The van der Waals surface area contributed by atoms with Crippen molar-refractivity contribution in [3.63, 3.8) is 0 Å². The molecule has 1 aliphatic rings. The van der Waals surface area contributed by atoms with Gasteiger partial charge in [0, 0.05) is 26.7 Å². The van der Waals surface area contributed by atoms with E-state index in [1.807, 2.05) is 0 Å². The van der Waals surface area contributed by atoms with Crippen LogP contribution in [-0.4, -0.2) is 36.9 Å². The zero-order valence-corrected chi connectivity index (χ0v) is 11.1. The van der Waals surface area contributed by atoms with Gasteiger partial charge in [0.15, 0.2) is 5.60 Å². The van der Waals surface area contributed by atoms with E-state index in [0.29, 0.717) is 5.56 Å². The molecule has 21 heavy (non-hydrogen) atoms. The minimum atomic E-state index is -4.46. The van der Waals surface area contributed by atoms with Crippen LogP contribution < -0.4 is 0 Å². The van der Waals surface area contributed by atoms with Gasteiger partial charge < -0.3 is 4.74 Å². The molecule has 1 heterocycles. The molecule has 0 saturated carbocycles. The van der Waals surface area contributed by atoms with Gasteiger partial charge in [-0.2, -0.15) is 26.3 Å². The molecule has 0 amide bonds. The highest BCUT2D eigenvalue weighted by Gasteiger charge is 2.62. The normalized spacial score (nSPS) is 19.4. The van der Waals surface area contributed by atoms with E-state index in [4.69, 9.17) is 0 Å². The van der Waals surface area contributed by atoms with Crippen LogP contribution in [0.25, 0.3) is 0 Å². The number of benzene rings is 1. The van der Waals surface area contributed by atoms with Gasteiger partial charge in [-0.1, -0.05) is 12.1 Å². The molecular weight excluding hydrogens is 300 g/mol. The average Bonchev–Trinajstić information content (AvgIpc) is 2.31. The number of likely N-dealkylation sites (tertiary alicyclic amines) is 1. The first-order valence-corrected chi connectivity index (χ1v) is 6.08. The molecule has 0 unspecified atom stereocenters. The van der Waals surface area contributed by atoms with Gasteiger partial charge in [0.1, 0.15) is 0 Å². The lowest BCUT2D eigenvalue weighted by molar-refractivity contribution is -0.312. The monoisotopic (exact) mass is 313 g/mol. The lowest BCUT2D eigenvalue weighted by atomic mass is 9.92. The zero-order chi connectivity index (χ0) is 15.9. The molecule has 0 atom stereocenters. The lowest BCUT2D eigenvalue weighted by Gasteiger charge is -2.49. The topological polar surface area (TPSA) is 12.5 Å². The molecule has 118 valence electrons. The molecule has 1 saturated heterocycles. The Balaban J connectivity index is 1.97. The minimum Gasteiger partial charge on any atom is -0.366 e. The summed E-state index contributed by atoms with van der Waals surface area (Å²) in [6.45, 7) is -0.499. The van der Waals surface area contributed by atoms with Crippen LogP contribution in [-0.2, 0) is 17.5 Å². The molecule has 2 nitrogen and oxygen atoms in total. The molecule has 0 spiro atoms. The van der Waals surface area contributed by atoms with Crippen LogP contribution in [0.15, 0.2) is 24.3 Å². The Hall–Kier alpha value is -1.28. The van der Waals surface area contributed by atoms with E-state index in [-0.39, 0.29) is 19.6 Å². The van der Waals surface area contributed by atoms with E-state index >= 15 is 0 Å².